The molecular weight excluding hydrogens is 417 g/mol. The van der Waals surface area contributed by atoms with Crippen LogP contribution in [0.5, 0.6) is 0 Å². The molecule has 3 amide bonds. The van der Waals surface area contributed by atoms with Crippen molar-refractivity contribution >= 4 is 23.7 Å². The Bertz CT molecular complexity index is 917. The lowest BCUT2D eigenvalue weighted by Gasteiger charge is -2.29. The van der Waals surface area contributed by atoms with Crippen molar-refractivity contribution < 1.29 is 14.0 Å². The Morgan fingerprint density at radius 3 is 2.68 bits per heavy atom. The second kappa shape index (κ2) is 10.7. The van der Waals surface area contributed by atoms with Crippen LogP contribution in [-0.4, -0.2) is 38.5 Å². The predicted octanol–water partition coefficient (Wildman–Crippen LogP) is 4.24. The van der Waals surface area contributed by atoms with Gasteiger partial charge in [0, 0.05) is 12.6 Å². The number of halogens is 1. The van der Waals surface area contributed by atoms with Crippen LogP contribution in [0.4, 0.5) is 9.18 Å². The van der Waals surface area contributed by atoms with Crippen LogP contribution in [0.2, 0.25) is 0 Å². The van der Waals surface area contributed by atoms with Crippen molar-refractivity contribution in [2.45, 2.75) is 64.2 Å². The second-order valence-corrected chi connectivity index (χ2v) is 9.41. The van der Waals surface area contributed by atoms with Crippen LogP contribution in [0.15, 0.2) is 29.4 Å². The minimum atomic E-state index is -0.458. The van der Waals surface area contributed by atoms with Crippen molar-refractivity contribution in [1.82, 2.24) is 25.4 Å². The second-order valence-electron chi connectivity index (χ2n) is 8.47. The first-order valence-corrected chi connectivity index (χ1v) is 11.7. The Morgan fingerprint density at radius 1 is 1.23 bits per heavy atom. The van der Waals surface area contributed by atoms with Gasteiger partial charge in [-0.3, -0.25) is 10.1 Å². The van der Waals surface area contributed by atoms with Gasteiger partial charge in [0.2, 0.25) is 5.91 Å². The molecule has 1 heterocycles. The van der Waals surface area contributed by atoms with Gasteiger partial charge in [-0.05, 0) is 36.8 Å². The van der Waals surface area contributed by atoms with Crippen molar-refractivity contribution in [2.75, 3.05) is 5.75 Å². The summed E-state index contributed by atoms with van der Waals surface area (Å²) in [6, 6.07) is 6.07. The Balaban J connectivity index is 1.62. The Labute approximate surface area is 186 Å². The Hall–Kier alpha value is -2.42. The van der Waals surface area contributed by atoms with E-state index < -0.39 is 11.9 Å². The summed E-state index contributed by atoms with van der Waals surface area (Å²) in [5.41, 5.74) is 0.368. The Morgan fingerprint density at radius 2 is 1.97 bits per heavy atom. The molecule has 0 spiro atoms. The van der Waals surface area contributed by atoms with E-state index in [1.807, 2.05) is 18.4 Å². The van der Waals surface area contributed by atoms with E-state index in [1.165, 1.54) is 24.2 Å². The summed E-state index contributed by atoms with van der Waals surface area (Å²) in [6.07, 6.45) is 4.30. The highest BCUT2D eigenvalue weighted by Crippen LogP contribution is 2.27. The maximum atomic E-state index is 14.3. The number of imide groups is 1. The van der Waals surface area contributed by atoms with Gasteiger partial charge in [0.25, 0.3) is 0 Å². The zero-order valence-electron chi connectivity index (χ0n) is 18.2. The van der Waals surface area contributed by atoms with Crippen LogP contribution in [0.1, 0.15) is 46.5 Å². The number of hydrogen-bond donors (Lipinski definition) is 2. The third kappa shape index (κ3) is 6.29. The molecule has 1 aromatic carbocycles. The molecule has 0 saturated heterocycles. The molecule has 31 heavy (non-hydrogen) atoms. The first kappa shape index (κ1) is 23.2. The first-order chi connectivity index (χ1) is 14.8. The lowest BCUT2D eigenvalue weighted by atomic mass is 9.86. The van der Waals surface area contributed by atoms with E-state index in [1.54, 1.807) is 18.2 Å². The van der Waals surface area contributed by atoms with E-state index in [9.17, 15) is 14.0 Å². The number of benzene rings is 1. The molecule has 1 aliphatic carbocycles. The molecular formula is C22H30FN5O2S. The zero-order chi connectivity index (χ0) is 22.4. The number of carbonyl (C=O) groups excluding carboxylic acids is 2. The molecule has 9 heteroatoms. The number of nitrogens with zero attached hydrogens (tertiary/aromatic N) is 3. The molecule has 2 aromatic rings. The van der Waals surface area contributed by atoms with Gasteiger partial charge in [-0.25, -0.2) is 9.18 Å². The number of aromatic nitrogens is 3. The van der Waals surface area contributed by atoms with Crippen molar-refractivity contribution in [3.8, 4) is 11.4 Å². The molecule has 1 saturated carbocycles. The van der Waals surface area contributed by atoms with Crippen LogP contribution in [0.25, 0.3) is 11.4 Å². The maximum absolute atomic E-state index is 14.3. The molecule has 1 fully saturated rings. The zero-order valence-corrected chi connectivity index (χ0v) is 19.0. The van der Waals surface area contributed by atoms with Crippen LogP contribution < -0.4 is 10.6 Å². The number of amides is 3. The summed E-state index contributed by atoms with van der Waals surface area (Å²) in [5.74, 6) is 0.355. The number of hydrogen-bond acceptors (Lipinski definition) is 5. The summed E-state index contributed by atoms with van der Waals surface area (Å²) >= 11 is 1.18. The molecule has 2 unspecified atom stereocenters. The lowest BCUT2D eigenvalue weighted by Crippen LogP contribution is -2.48. The minimum Gasteiger partial charge on any atom is -0.335 e. The third-order valence-corrected chi connectivity index (χ3v) is 6.36. The minimum absolute atomic E-state index is 0.0150. The van der Waals surface area contributed by atoms with Crippen molar-refractivity contribution in [2.24, 2.45) is 11.8 Å². The van der Waals surface area contributed by atoms with Gasteiger partial charge in [-0.15, -0.1) is 10.2 Å². The largest absolute Gasteiger partial charge is 0.335 e. The molecule has 2 atom stereocenters. The van der Waals surface area contributed by atoms with Gasteiger partial charge in [0.05, 0.1) is 11.3 Å². The summed E-state index contributed by atoms with van der Waals surface area (Å²) in [7, 11) is 0. The van der Waals surface area contributed by atoms with Gasteiger partial charge in [0.15, 0.2) is 11.0 Å². The number of nitrogens with one attached hydrogen (secondary N) is 2. The van der Waals surface area contributed by atoms with Crippen molar-refractivity contribution in [1.29, 1.82) is 0 Å². The van der Waals surface area contributed by atoms with Crippen LogP contribution in [-0.2, 0) is 11.3 Å². The van der Waals surface area contributed by atoms with Gasteiger partial charge in [-0.2, -0.15) is 0 Å². The number of urea groups is 1. The van der Waals surface area contributed by atoms with E-state index in [0.29, 0.717) is 29.0 Å². The molecule has 2 N–H and O–H groups in total. The third-order valence-electron chi connectivity index (χ3n) is 5.39. The van der Waals surface area contributed by atoms with Gasteiger partial charge >= 0.3 is 6.03 Å². The fourth-order valence-corrected chi connectivity index (χ4v) is 4.54. The maximum Gasteiger partial charge on any atom is 0.321 e. The highest BCUT2D eigenvalue weighted by atomic mass is 32.2. The normalized spacial score (nSPS) is 18.7. The molecule has 0 bridgehead atoms. The fourth-order valence-electron chi connectivity index (χ4n) is 3.79. The monoisotopic (exact) mass is 447 g/mol. The van der Waals surface area contributed by atoms with Crippen LogP contribution in [0.3, 0.4) is 0 Å². The number of rotatable bonds is 7. The smallest absolute Gasteiger partial charge is 0.321 e. The quantitative estimate of drug-likeness (QED) is 0.620. The van der Waals surface area contributed by atoms with Crippen LogP contribution >= 0.6 is 11.8 Å². The molecule has 168 valence electrons. The average Bonchev–Trinajstić information content (AvgIpc) is 3.10. The summed E-state index contributed by atoms with van der Waals surface area (Å²) in [6.45, 7) is 6.79. The lowest BCUT2D eigenvalue weighted by molar-refractivity contribution is -0.117. The average molecular weight is 448 g/mol. The highest BCUT2D eigenvalue weighted by Gasteiger charge is 2.24. The summed E-state index contributed by atoms with van der Waals surface area (Å²) in [4.78, 5) is 24.5. The van der Waals surface area contributed by atoms with Crippen molar-refractivity contribution in [3.05, 3.63) is 30.1 Å². The van der Waals surface area contributed by atoms with E-state index in [2.05, 4.69) is 27.8 Å². The first-order valence-electron chi connectivity index (χ1n) is 10.8. The molecule has 0 radical (unpaired) electrons. The standard InChI is InChI=1S/C22H30FN5O2S/c1-14(2)12-28-20(16-9-5-6-10-17(16)23)26-27-22(28)31-13-19(29)25-21(30)24-18-11-7-4-8-15(18)3/h5-6,9-10,14-15,18H,4,7-8,11-13H2,1-3H3,(H2,24,25,29,30). The molecule has 0 aliphatic heterocycles. The highest BCUT2D eigenvalue weighted by molar-refractivity contribution is 7.99. The SMILES string of the molecule is CC(C)Cn1c(SCC(=O)NC(=O)NC2CCCCC2C)nnc1-c1ccccc1F. The number of carbonyl (C=O) groups is 2. The van der Waals surface area contributed by atoms with E-state index >= 15 is 0 Å². The van der Waals surface area contributed by atoms with Gasteiger partial charge < -0.3 is 9.88 Å². The molecule has 1 aromatic heterocycles. The van der Waals surface area contributed by atoms with Crippen molar-refractivity contribution in [3.63, 3.8) is 0 Å². The molecule has 1 aliphatic rings. The topological polar surface area (TPSA) is 88.9 Å². The Kier molecular flexibility index (Phi) is 8.06. The summed E-state index contributed by atoms with van der Waals surface area (Å²) in [5, 5.41) is 14.2. The van der Waals surface area contributed by atoms with Crippen LogP contribution in [0, 0.1) is 17.7 Å². The van der Waals surface area contributed by atoms with Gasteiger partial charge in [0.1, 0.15) is 5.82 Å². The van der Waals surface area contributed by atoms with E-state index in [4.69, 9.17) is 0 Å². The molecule has 7 nitrogen and oxygen atoms in total. The molecule has 3 rings (SSSR count). The van der Waals surface area contributed by atoms with E-state index in [0.717, 1.165) is 19.3 Å². The fraction of sp³-hybridized carbons (Fsp3) is 0.545. The van der Waals surface area contributed by atoms with Gasteiger partial charge in [-0.1, -0.05) is 57.5 Å². The van der Waals surface area contributed by atoms with E-state index in [-0.39, 0.29) is 23.5 Å². The number of thioether (sulfide) groups is 1. The summed E-state index contributed by atoms with van der Waals surface area (Å²) < 4.78 is 16.1. The predicted molar refractivity (Wildman–Crippen MR) is 119 cm³/mol.